The summed E-state index contributed by atoms with van der Waals surface area (Å²) in [6.45, 7) is 11.7. The van der Waals surface area contributed by atoms with Crippen LogP contribution < -0.4 is 5.32 Å². The van der Waals surface area contributed by atoms with Gasteiger partial charge in [0.15, 0.2) is 0 Å². The molecule has 4 unspecified atom stereocenters. The lowest BCUT2D eigenvalue weighted by Crippen LogP contribution is -2.43. The SMILES string of the molecule is CC1CC(OC2CCNCC2C)CC(C)(C)C1. The van der Waals surface area contributed by atoms with Crippen molar-refractivity contribution in [2.75, 3.05) is 13.1 Å². The number of ether oxygens (including phenoxy) is 1. The van der Waals surface area contributed by atoms with Gasteiger partial charge in [0.05, 0.1) is 12.2 Å². The molecule has 2 fully saturated rings. The van der Waals surface area contributed by atoms with Crippen LogP contribution >= 0.6 is 0 Å². The van der Waals surface area contributed by atoms with Crippen molar-refractivity contribution in [2.24, 2.45) is 17.3 Å². The lowest BCUT2D eigenvalue weighted by molar-refractivity contribution is -0.0911. The molecule has 0 aromatic heterocycles. The summed E-state index contributed by atoms with van der Waals surface area (Å²) in [5.41, 5.74) is 0.471. The molecule has 2 aliphatic rings. The molecule has 1 saturated heterocycles. The Balaban J connectivity index is 1.89. The van der Waals surface area contributed by atoms with E-state index in [-0.39, 0.29) is 0 Å². The van der Waals surface area contributed by atoms with Crippen LogP contribution in [0.15, 0.2) is 0 Å². The molecule has 4 atom stereocenters. The second-order valence-electron chi connectivity index (χ2n) is 7.18. The fourth-order valence-electron chi connectivity index (χ4n) is 3.80. The summed E-state index contributed by atoms with van der Waals surface area (Å²) < 4.78 is 6.41. The predicted molar refractivity (Wildman–Crippen MR) is 72.1 cm³/mol. The van der Waals surface area contributed by atoms with Gasteiger partial charge in [-0.15, -0.1) is 0 Å². The summed E-state index contributed by atoms with van der Waals surface area (Å²) in [6.07, 6.45) is 6.04. The maximum Gasteiger partial charge on any atom is 0.0628 e. The van der Waals surface area contributed by atoms with Crippen molar-refractivity contribution in [3.63, 3.8) is 0 Å². The predicted octanol–water partition coefficient (Wildman–Crippen LogP) is 3.22. The Labute approximate surface area is 107 Å². The van der Waals surface area contributed by atoms with Crippen LogP contribution in [0.4, 0.5) is 0 Å². The van der Waals surface area contributed by atoms with Crippen LogP contribution in [0.1, 0.15) is 53.4 Å². The average Bonchev–Trinajstić information content (AvgIpc) is 2.18. The van der Waals surface area contributed by atoms with E-state index in [4.69, 9.17) is 4.74 Å². The Hall–Kier alpha value is -0.0800. The minimum absolute atomic E-state index is 0.471. The van der Waals surface area contributed by atoms with Crippen molar-refractivity contribution in [3.8, 4) is 0 Å². The number of nitrogens with one attached hydrogen (secondary N) is 1. The van der Waals surface area contributed by atoms with E-state index >= 15 is 0 Å². The smallest absolute Gasteiger partial charge is 0.0628 e. The highest BCUT2D eigenvalue weighted by molar-refractivity contribution is 4.85. The molecule has 2 rings (SSSR count). The molecule has 0 radical (unpaired) electrons. The minimum Gasteiger partial charge on any atom is -0.375 e. The van der Waals surface area contributed by atoms with Crippen molar-refractivity contribution in [3.05, 3.63) is 0 Å². The summed E-state index contributed by atoms with van der Waals surface area (Å²) in [6, 6.07) is 0. The lowest BCUT2D eigenvalue weighted by Gasteiger charge is -2.41. The van der Waals surface area contributed by atoms with E-state index in [2.05, 4.69) is 33.0 Å². The maximum atomic E-state index is 6.41. The van der Waals surface area contributed by atoms with Gasteiger partial charge >= 0.3 is 0 Å². The summed E-state index contributed by atoms with van der Waals surface area (Å²) >= 11 is 0. The average molecular weight is 239 g/mol. The summed E-state index contributed by atoms with van der Waals surface area (Å²) in [5.74, 6) is 1.49. The van der Waals surface area contributed by atoms with E-state index in [0.717, 1.165) is 19.0 Å². The molecule has 0 aromatic rings. The third-order valence-electron chi connectivity index (χ3n) is 4.42. The van der Waals surface area contributed by atoms with Crippen molar-refractivity contribution < 1.29 is 4.74 Å². The number of rotatable bonds is 2. The molecule has 2 nitrogen and oxygen atoms in total. The number of hydrogen-bond donors (Lipinski definition) is 1. The molecular formula is C15H29NO. The van der Waals surface area contributed by atoms with Gasteiger partial charge in [0, 0.05) is 6.54 Å². The lowest BCUT2D eigenvalue weighted by atomic mass is 9.71. The van der Waals surface area contributed by atoms with Crippen molar-refractivity contribution in [1.82, 2.24) is 5.32 Å². The highest BCUT2D eigenvalue weighted by Crippen LogP contribution is 2.40. The van der Waals surface area contributed by atoms with Gasteiger partial charge in [0.1, 0.15) is 0 Å². The van der Waals surface area contributed by atoms with Crippen LogP contribution in [0.2, 0.25) is 0 Å². The van der Waals surface area contributed by atoms with E-state index in [1.54, 1.807) is 0 Å². The summed E-state index contributed by atoms with van der Waals surface area (Å²) in [4.78, 5) is 0. The van der Waals surface area contributed by atoms with Gasteiger partial charge in [0.2, 0.25) is 0 Å². The monoisotopic (exact) mass is 239 g/mol. The normalized spacial score (nSPS) is 42.4. The Morgan fingerprint density at radius 2 is 1.94 bits per heavy atom. The van der Waals surface area contributed by atoms with Gasteiger partial charge in [-0.2, -0.15) is 0 Å². The fourth-order valence-corrected chi connectivity index (χ4v) is 3.80. The van der Waals surface area contributed by atoms with E-state index < -0.39 is 0 Å². The van der Waals surface area contributed by atoms with Gasteiger partial charge in [-0.25, -0.2) is 0 Å². The van der Waals surface area contributed by atoms with Gasteiger partial charge < -0.3 is 10.1 Å². The van der Waals surface area contributed by atoms with E-state index in [9.17, 15) is 0 Å². The minimum atomic E-state index is 0.471. The molecule has 0 aromatic carbocycles. The standard InChI is InChI=1S/C15H29NO/c1-11-7-13(9-15(3,4)8-11)17-14-5-6-16-10-12(14)2/h11-14,16H,5-10H2,1-4H3. The molecular weight excluding hydrogens is 210 g/mol. The second kappa shape index (κ2) is 5.27. The third kappa shape index (κ3) is 3.69. The molecule has 1 aliphatic carbocycles. The first kappa shape index (κ1) is 13.4. The Kier molecular flexibility index (Phi) is 4.14. The molecule has 1 heterocycles. The zero-order valence-corrected chi connectivity index (χ0v) is 12.0. The van der Waals surface area contributed by atoms with Crippen LogP contribution in [0.3, 0.4) is 0 Å². The molecule has 0 bridgehead atoms. The largest absolute Gasteiger partial charge is 0.375 e. The van der Waals surface area contributed by atoms with Crippen molar-refractivity contribution in [1.29, 1.82) is 0 Å². The zero-order valence-electron chi connectivity index (χ0n) is 12.0. The van der Waals surface area contributed by atoms with Crippen molar-refractivity contribution >= 4 is 0 Å². The Bertz CT molecular complexity index is 251. The molecule has 0 spiro atoms. The Morgan fingerprint density at radius 3 is 2.59 bits per heavy atom. The summed E-state index contributed by atoms with van der Waals surface area (Å²) in [7, 11) is 0. The van der Waals surface area contributed by atoms with Gasteiger partial charge in [-0.05, 0) is 49.5 Å². The molecule has 17 heavy (non-hydrogen) atoms. The third-order valence-corrected chi connectivity index (χ3v) is 4.42. The highest BCUT2D eigenvalue weighted by Gasteiger charge is 2.34. The van der Waals surface area contributed by atoms with Crippen LogP contribution in [-0.2, 0) is 4.74 Å². The van der Waals surface area contributed by atoms with E-state index in [1.807, 2.05) is 0 Å². The summed E-state index contributed by atoms with van der Waals surface area (Å²) in [5, 5.41) is 3.45. The van der Waals surface area contributed by atoms with Gasteiger partial charge in [0.25, 0.3) is 0 Å². The molecule has 2 heteroatoms. The van der Waals surface area contributed by atoms with Gasteiger partial charge in [-0.3, -0.25) is 0 Å². The first-order valence-electron chi connectivity index (χ1n) is 7.32. The highest BCUT2D eigenvalue weighted by atomic mass is 16.5. The molecule has 100 valence electrons. The fraction of sp³-hybridized carbons (Fsp3) is 1.00. The second-order valence-corrected chi connectivity index (χ2v) is 7.18. The van der Waals surface area contributed by atoms with Crippen molar-refractivity contribution in [2.45, 2.75) is 65.6 Å². The van der Waals surface area contributed by atoms with Crippen LogP contribution in [0.25, 0.3) is 0 Å². The quantitative estimate of drug-likeness (QED) is 0.799. The molecule has 1 aliphatic heterocycles. The van der Waals surface area contributed by atoms with Crippen LogP contribution in [0, 0.1) is 17.3 Å². The first-order chi connectivity index (χ1) is 7.96. The molecule has 1 N–H and O–H groups in total. The number of hydrogen-bond acceptors (Lipinski definition) is 2. The van der Waals surface area contributed by atoms with Gasteiger partial charge in [-0.1, -0.05) is 27.7 Å². The van der Waals surface area contributed by atoms with E-state index in [0.29, 0.717) is 23.5 Å². The molecule has 1 saturated carbocycles. The zero-order chi connectivity index (χ0) is 12.5. The topological polar surface area (TPSA) is 21.3 Å². The van der Waals surface area contributed by atoms with Crippen LogP contribution in [-0.4, -0.2) is 25.3 Å². The first-order valence-corrected chi connectivity index (χ1v) is 7.32. The van der Waals surface area contributed by atoms with E-state index in [1.165, 1.54) is 25.7 Å². The molecule has 0 amide bonds. The Morgan fingerprint density at radius 1 is 1.18 bits per heavy atom. The maximum absolute atomic E-state index is 6.41. The number of piperidine rings is 1. The van der Waals surface area contributed by atoms with Crippen LogP contribution in [0.5, 0.6) is 0 Å².